The fourth-order valence-electron chi connectivity index (χ4n) is 1.27. The third kappa shape index (κ3) is 2.63. The molecule has 1 heterocycles. The number of halogens is 2. The van der Waals surface area contributed by atoms with Crippen LogP contribution in [-0.4, -0.2) is 29.5 Å². The van der Waals surface area contributed by atoms with Crippen LogP contribution in [0.3, 0.4) is 0 Å². The van der Waals surface area contributed by atoms with Gasteiger partial charge < -0.3 is 4.90 Å². The highest BCUT2D eigenvalue weighted by molar-refractivity contribution is 6.29. The van der Waals surface area contributed by atoms with Gasteiger partial charge in [-0.05, 0) is 12.3 Å². The third-order valence-corrected chi connectivity index (χ3v) is 2.11. The van der Waals surface area contributed by atoms with Gasteiger partial charge in [-0.25, -0.2) is 4.39 Å². The van der Waals surface area contributed by atoms with E-state index in [1.807, 2.05) is 6.92 Å². The average molecular weight is 196 g/mol. The number of alkyl halides is 2. The quantitative estimate of drug-likeness (QED) is 0.587. The summed E-state index contributed by atoms with van der Waals surface area (Å²) in [5, 5.41) is 0. The zero-order chi connectivity index (χ0) is 8.43. The molecule has 4 heteroatoms. The van der Waals surface area contributed by atoms with E-state index in [2.05, 4.69) is 0 Å². The van der Waals surface area contributed by atoms with Gasteiger partial charge in [0.15, 0.2) is 0 Å². The molecule has 0 aromatic rings. The van der Waals surface area contributed by atoms with Crippen molar-refractivity contribution in [1.82, 2.24) is 4.90 Å². The van der Waals surface area contributed by atoms with Gasteiger partial charge in [-0.2, -0.15) is 0 Å². The Morgan fingerprint density at radius 2 is 2.33 bits per heavy atom. The standard InChI is InChI=1S/C7H11ClFNO.CH4/c1-5-2-3-10(4-5)7(11)6(8)9;/h5-6H,2-4H2,1H3;1H4. The summed E-state index contributed by atoms with van der Waals surface area (Å²) in [5.41, 5.74) is -1.86. The van der Waals surface area contributed by atoms with Gasteiger partial charge in [0, 0.05) is 13.1 Å². The lowest BCUT2D eigenvalue weighted by Gasteiger charge is -2.14. The molecular formula is C8H15ClFNO. The van der Waals surface area contributed by atoms with Crippen molar-refractivity contribution in [2.24, 2.45) is 5.92 Å². The van der Waals surface area contributed by atoms with Crippen LogP contribution in [0.2, 0.25) is 0 Å². The lowest BCUT2D eigenvalue weighted by Crippen LogP contribution is -2.32. The number of rotatable bonds is 1. The van der Waals surface area contributed by atoms with Crippen molar-refractivity contribution < 1.29 is 9.18 Å². The maximum atomic E-state index is 12.2. The van der Waals surface area contributed by atoms with Crippen molar-refractivity contribution in [3.63, 3.8) is 0 Å². The maximum absolute atomic E-state index is 12.2. The second-order valence-electron chi connectivity index (χ2n) is 2.98. The van der Waals surface area contributed by atoms with Crippen LogP contribution in [0.1, 0.15) is 20.8 Å². The minimum atomic E-state index is -1.86. The Balaban J connectivity index is 0.00000121. The number of nitrogens with zero attached hydrogens (tertiary/aromatic N) is 1. The molecule has 0 spiro atoms. The van der Waals surface area contributed by atoms with E-state index in [-0.39, 0.29) is 7.43 Å². The summed E-state index contributed by atoms with van der Waals surface area (Å²) >= 11 is 5.00. The topological polar surface area (TPSA) is 20.3 Å². The van der Waals surface area contributed by atoms with Gasteiger partial charge in [-0.3, -0.25) is 4.79 Å². The van der Waals surface area contributed by atoms with Gasteiger partial charge in [0.1, 0.15) is 0 Å². The molecule has 1 saturated heterocycles. The molecule has 2 unspecified atom stereocenters. The van der Waals surface area contributed by atoms with Crippen LogP contribution in [0.4, 0.5) is 4.39 Å². The van der Waals surface area contributed by atoms with Crippen LogP contribution in [-0.2, 0) is 4.79 Å². The van der Waals surface area contributed by atoms with E-state index >= 15 is 0 Å². The summed E-state index contributed by atoms with van der Waals surface area (Å²) in [5.74, 6) is -0.106. The lowest BCUT2D eigenvalue weighted by atomic mass is 10.2. The lowest BCUT2D eigenvalue weighted by molar-refractivity contribution is -0.132. The molecule has 0 bridgehead atoms. The van der Waals surface area contributed by atoms with E-state index in [4.69, 9.17) is 11.6 Å². The molecule has 0 radical (unpaired) electrons. The zero-order valence-corrected chi connectivity index (χ0v) is 7.14. The number of carbonyl (C=O) groups excluding carboxylic acids is 1. The van der Waals surface area contributed by atoms with Crippen LogP contribution < -0.4 is 0 Å². The molecule has 1 fully saturated rings. The molecule has 2 nitrogen and oxygen atoms in total. The van der Waals surface area contributed by atoms with Crippen LogP contribution in [0.15, 0.2) is 0 Å². The minimum Gasteiger partial charge on any atom is -0.339 e. The summed E-state index contributed by atoms with van der Waals surface area (Å²) in [4.78, 5) is 12.4. The first-order valence-corrected chi connectivity index (χ1v) is 4.12. The van der Waals surface area contributed by atoms with Crippen molar-refractivity contribution in [2.45, 2.75) is 26.4 Å². The monoisotopic (exact) mass is 195 g/mol. The van der Waals surface area contributed by atoms with Crippen molar-refractivity contribution in [2.75, 3.05) is 13.1 Å². The Morgan fingerprint density at radius 1 is 1.75 bits per heavy atom. The van der Waals surface area contributed by atoms with Gasteiger partial charge in [0.05, 0.1) is 0 Å². The smallest absolute Gasteiger partial charge is 0.272 e. The Labute approximate surface area is 77.7 Å². The van der Waals surface area contributed by atoms with E-state index in [0.717, 1.165) is 6.42 Å². The van der Waals surface area contributed by atoms with Crippen LogP contribution >= 0.6 is 11.6 Å². The Bertz CT molecular complexity index is 163. The van der Waals surface area contributed by atoms with Gasteiger partial charge >= 0.3 is 0 Å². The molecule has 1 amide bonds. The number of hydrogen-bond acceptors (Lipinski definition) is 1. The highest BCUT2D eigenvalue weighted by Crippen LogP contribution is 2.17. The second kappa shape index (κ2) is 4.65. The van der Waals surface area contributed by atoms with Gasteiger partial charge in [0.25, 0.3) is 11.5 Å². The molecule has 1 aliphatic heterocycles. The Kier molecular flexibility index (Phi) is 4.53. The van der Waals surface area contributed by atoms with E-state index in [1.165, 1.54) is 4.90 Å². The van der Waals surface area contributed by atoms with E-state index in [1.54, 1.807) is 0 Å². The van der Waals surface area contributed by atoms with Gasteiger partial charge in [-0.15, -0.1) is 0 Å². The van der Waals surface area contributed by atoms with Crippen molar-refractivity contribution in [3.8, 4) is 0 Å². The molecule has 0 aromatic heterocycles. The molecule has 0 N–H and O–H groups in total. The summed E-state index contributed by atoms with van der Waals surface area (Å²) < 4.78 is 12.2. The summed E-state index contributed by atoms with van der Waals surface area (Å²) in [7, 11) is 0. The molecule has 0 saturated carbocycles. The molecule has 0 aromatic carbocycles. The second-order valence-corrected chi connectivity index (χ2v) is 3.36. The first-order valence-electron chi connectivity index (χ1n) is 3.68. The number of carbonyl (C=O) groups is 1. The largest absolute Gasteiger partial charge is 0.339 e. The molecule has 0 aliphatic carbocycles. The van der Waals surface area contributed by atoms with Crippen LogP contribution in [0.5, 0.6) is 0 Å². The number of hydrogen-bond donors (Lipinski definition) is 0. The number of likely N-dealkylation sites (tertiary alicyclic amines) is 1. The molecule has 1 aliphatic rings. The first kappa shape index (κ1) is 11.7. The Hall–Kier alpha value is -0.310. The van der Waals surface area contributed by atoms with E-state index in [0.29, 0.717) is 19.0 Å². The summed E-state index contributed by atoms with van der Waals surface area (Å²) in [6.45, 7) is 3.33. The third-order valence-electron chi connectivity index (χ3n) is 1.92. The predicted molar refractivity (Wildman–Crippen MR) is 47.8 cm³/mol. The summed E-state index contributed by atoms with van der Waals surface area (Å²) in [6.07, 6.45) is 0.954. The highest BCUT2D eigenvalue weighted by Gasteiger charge is 2.27. The molecule has 2 atom stereocenters. The summed E-state index contributed by atoms with van der Waals surface area (Å²) in [6, 6.07) is 0. The zero-order valence-electron chi connectivity index (χ0n) is 6.39. The molecular weight excluding hydrogens is 181 g/mol. The average Bonchev–Trinajstić information content (AvgIpc) is 2.34. The molecule has 72 valence electrons. The fourth-order valence-corrected chi connectivity index (χ4v) is 1.41. The van der Waals surface area contributed by atoms with Crippen molar-refractivity contribution in [3.05, 3.63) is 0 Å². The normalized spacial score (nSPS) is 24.9. The van der Waals surface area contributed by atoms with Crippen LogP contribution in [0.25, 0.3) is 0 Å². The van der Waals surface area contributed by atoms with E-state index < -0.39 is 11.5 Å². The fraction of sp³-hybridized carbons (Fsp3) is 0.875. The van der Waals surface area contributed by atoms with Crippen molar-refractivity contribution >= 4 is 17.5 Å². The van der Waals surface area contributed by atoms with Crippen LogP contribution in [0, 0.1) is 5.92 Å². The van der Waals surface area contributed by atoms with E-state index in [9.17, 15) is 9.18 Å². The minimum absolute atomic E-state index is 0. The van der Waals surface area contributed by atoms with Gasteiger partial charge in [-0.1, -0.05) is 26.0 Å². The highest BCUT2D eigenvalue weighted by atomic mass is 35.5. The van der Waals surface area contributed by atoms with Crippen molar-refractivity contribution in [1.29, 1.82) is 0 Å². The Morgan fingerprint density at radius 3 is 2.67 bits per heavy atom. The predicted octanol–water partition coefficient (Wildman–Crippen LogP) is 2.03. The molecule has 1 rings (SSSR count). The molecule has 12 heavy (non-hydrogen) atoms. The number of amides is 1. The SMILES string of the molecule is C.CC1CCN(C(=O)C(F)Cl)C1. The van der Waals surface area contributed by atoms with Gasteiger partial charge in [0.2, 0.25) is 0 Å². The maximum Gasteiger partial charge on any atom is 0.272 e. The first-order chi connectivity index (χ1) is 5.11.